The molecule has 294 valence electrons. The Labute approximate surface area is 315 Å². The van der Waals surface area contributed by atoms with Gasteiger partial charge in [-0.05, 0) is 19.3 Å². The summed E-state index contributed by atoms with van der Waals surface area (Å²) in [7, 11) is 0. The highest BCUT2D eigenvalue weighted by atomic mass is 15.0. The molecule has 0 aliphatic heterocycles. The Morgan fingerprint density at radius 3 is 0.560 bits per heavy atom. The molecule has 0 saturated heterocycles. The second kappa shape index (κ2) is 39.2. The summed E-state index contributed by atoms with van der Waals surface area (Å²) < 4.78 is 0. The molecule has 3 nitrogen and oxygen atoms in total. The van der Waals surface area contributed by atoms with Gasteiger partial charge in [0.15, 0.2) is 0 Å². The lowest BCUT2D eigenvalue weighted by Gasteiger charge is -2.08. The molecule has 0 amide bonds. The van der Waals surface area contributed by atoms with Gasteiger partial charge in [0, 0.05) is 19.3 Å². The van der Waals surface area contributed by atoms with E-state index >= 15 is 0 Å². The molecule has 0 radical (unpaired) electrons. The topological polar surface area (TPSA) is 38.7 Å². The van der Waals surface area contributed by atoms with Gasteiger partial charge in [0.2, 0.25) is 0 Å². The fourth-order valence-electron chi connectivity index (χ4n) is 7.56. The summed E-state index contributed by atoms with van der Waals surface area (Å²) in [4.78, 5) is 14.7. The highest BCUT2D eigenvalue weighted by Gasteiger charge is 2.07. The Kier molecular flexibility index (Phi) is 36.9. The smallest absolute Gasteiger partial charge is 0.132 e. The number of hydrogen-bond acceptors (Lipinski definition) is 3. The van der Waals surface area contributed by atoms with Crippen molar-refractivity contribution in [1.29, 1.82) is 0 Å². The minimum atomic E-state index is 1.01. The van der Waals surface area contributed by atoms with Crippen LogP contribution in [0.3, 0.4) is 0 Å². The summed E-state index contributed by atoms with van der Waals surface area (Å²) in [5, 5.41) is 0. The third-order valence-corrected chi connectivity index (χ3v) is 11.0. The van der Waals surface area contributed by atoms with Crippen LogP contribution in [0.1, 0.15) is 282 Å². The Balaban J connectivity index is 2.02. The quantitative estimate of drug-likeness (QED) is 0.0639. The van der Waals surface area contributed by atoms with Crippen LogP contribution in [0.4, 0.5) is 0 Å². The van der Waals surface area contributed by atoms with Crippen LogP contribution in [0.15, 0.2) is 0 Å². The third-order valence-electron chi connectivity index (χ3n) is 11.0. The van der Waals surface area contributed by atoms with E-state index in [1.54, 1.807) is 0 Å². The van der Waals surface area contributed by atoms with E-state index in [9.17, 15) is 0 Å². The van der Waals surface area contributed by atoms with E-state index in [0.717, 1.165) is 36.7 Å². The Morgan fingerprint density at radius 1 is 0.200 bits per heavy atom. The maximum absolute atomic E-state index is 4.95. The zero-order valence-electron chi connectivity index (χ0n) is 34.8. The number of hydrogen-bond donors (Lipinski definition) is 0. The first-order valence-corrected chi connectivity index (χ1v) is 23.5. The largest absolute Gasteiger partial charge is 0.218 e. The fourth-order valence-corrected chi connectivity index (χ4v) is 7.56. The average molecular weight is 698 g/mol. The standard InChI is InChI=1S/C47H91N3/c1-4-7-10-12-14-16-18-20-22-24-26-28-30-32-34-36-38-40-43-46-48-45(42-9-6-3)49-47(50-46)44-41-39-37-35-33-31-29-27-25-23-21-19-17-15-13-11-8-5-2/h4-44H2,1-3H3. The summed E-state index contributed by atoms with van der Waals surface area (Å²) in [5.41, 5.74) is 0. The number of unbranched alkanes of at least 4 members (excludes halogenated alkanes) is 35. The first-order valence-electron chi connectivity index (χ1n) is 23.5. The molecule has 1 aromatic heterocycles. The highest BCUT2D eigenvalue weighted by Crippen LogP contribution is 2.17. The maximum atomic E-state index is 4.95. The monoisotopic (exact) mass is 698 g/mol. The highest BCUT2D eigenvalue weighted by molar-refractivity contribution is 4.99. The SMILES string of the molecule is CCCCCCCCCCCCCCCCCCCCc1nc(CCCC)nc(CCCCCCCCCCCCCCCCCCCC)n1. The maximum Gasteiger partial charge on any atom is 0.132 e. The van der Waals surface area contributed by atoms with Gasteiger partial charge in [-0.3, -0.25) is 0 Å². The van der Waals surface area contributed by atoms with E-state index in [0.29, 0.717) is 0 Å². The molecule has 0 bridgehead atoms. The van der Waals surface area contributed by atoms with Gasteiger partial charge in [-0.15, -0.1) is 0 Å². The lowest BCUT2D eigenvalue weighted by atomic mass is 10.0. The van der Waals surface area contributed by atoms with Crippen LogP contribution < -0.4 is 0 Å². The third kappa shape index (κ3) is 32.9. The van der Waals surface area contributed by atoms with Gasteiger partial charge < -0.3 is 0 Å². The molecule has 1 rings (SSSR count). The van der Waals surface area contributed by atoms with Crippen molar-refractivity contribution < 1.29 is 0 Å². The lowest BCUT2D eigenvalue weighted by Crippen LogP contribution is -2.08. The van der Waals surface area contributed by atoms with Crippen LogP contribution >= 0.6 is 0 Å². The molecule has 1 aromatic rings. The summed E-state index contributed by atoms with van der Waals surface area (Å²) in [6, 6.07) is 0. The van der Waals surface area contributed by atoms with Crippen LogP contribution in [-0.2, 0) is 19.3 Å². The van der Waals surface area contributed by atoms with Gasteiger partial charge in [0.25, 0.3) is 0 Å². The molecule has 0 spiro atoms. The van der Waals surface area contributed by atoms with E-state index in [4.69, 9.17) is 15.0 Å². The Bertz CT molecular complexity index is 734. The van der Waals surface area contributed by atoms with Crippen molar-refractivity contribution in [2.24, 2.45) is 0 Å². The molecule has 0 atom stereocenters. The molecular formula is C47H91N3. The summed E-state index contributed by atoms with van der Waals surface area (Å²) >= 11 is 0. The van der Waals surface area contributed by atoms with Crippen LogP contribution in [0.2, 0.25) is 0 Å². The summed E-state index contributed by atoms with van der Waals surface area (Å²) in [6.07, 6.45) is 56.7. The van der Waals surface area contributed by atoms with Crippen LogP contribution in [0, 0.1) is 0 Å². The van der Waals surface area contributed by atoms with Crippen molar-refractivity contribution in [3.05, 3.63) is 17.5 Å². The Hall–Kier alpha value is -0.990. The predicted octanol–water partition coefficient (Wildman–Crippen LogP) is 16.4. The zero-order valence-corrected chi connectivity index (χ0v) is 34.8. The number of rotatable bonds is 41. The molecule has 0 N–H and O–H groups in total. The van der Waals surface area contributed by atoms with Gasteiger partial charge in [-0.25, -0.2) is 15.0 Å². The van der Waals surface area contributed by atoms with E-state index < -0.39 is 0 Å². The molecule has 1 heterocycles. The Morgan fingerprint density at radius 2 is 0.360 bits per heavy atom. The summed E-state index contributed by atoms with van der Waals surface area (Å²) in [6.45, 7) is 6.88. The van der Waals surface area contributed by atoms with E-state index in [1.165, 1.54) is 244 Å². The molecule has 0 unspecified atom stereocenters. The molecule has 0 saturated carbocycles. The van der Waals surface area contributed by atoms with Gasteiger partial charge >= 0.3 is 0 Å². The number of aryl methyl sites for hydroxylation is 3. The molecule has 0 aromatic carbocycles. The minimum absolute atomic E-state index is 1.01. The van der Waals surface area contributed by atoms with Crippen molar-refractivity contribution >= 4 is 0 Å². The first-order chi connectivity index (χ1) is 24.8. The zero-order chi connectivity index (χ0) is 35.8. The van der Waals surface area contributed by atoms with Crippen LogP contribution in [-0.4, -0.2) is 15.0 Å². The first kappa shape index (κ1) is 47.0. The predicted molar refractivity (Wildman–Crippen MR) is 223 cm³/mol. The van der Waals surface area contributed by atoms with Gasteiger partial charge in [-0.1, -0.05) is 245 Å². The minimum Gasteiger partial charge on any atom is -0.218 e. The lowest BCUT2D eigenvalue weighted by molar-refractivity contribution is 0.523. The molecule has 50 heavy (non-hydrogen) atoms. The van der Waals surface area contributed by atoms with Crippen LogP contribution in [0.25, 0.3) is 0 Å². The van der Waals surface area contributed by atoms with Gasteiger partial charge in [-0.2, -0.15) is 0 Å². The number of aromatic nitrogens is 3. The normalized spacial score (nSPS) is 11.6. The van der Waals surface area contributed by atoms with Crippen molar-refractivity contribution in [3.8, 4) is 0 Å². The van der Waals surface area contributed by atoms with Gasteiger partial charge in [0.05, 0.1) is 0 Å². The second-order valence-corrected chi connectivity index (χ2v) is 16.2. The van der Waals surface area contributed by atoms with E-state index in [2.05, 4.69) is 20.8 Å². The van der Waals surface area contributed by atoms with Crippen LogP contribution in [0.5, 0.6) is 0 Å². The molecular weight excluding hydrogens is 607 g/mol. The number of nitrogens with zero attached hydrogens (tertiary/aromatic N) is 3. The van der Waals surface area contributed by atoms with Crippen molar-refractivity contribution in [1.82, 2.24) is 15.0 Å². The second-order valence-electron chi connectivity index (χ2n) is 16.2. The fraction of sp³-hybridized carbons (Fsp3) is 0.936. The van der Waals surface area contributed by atoms with E-state index in [1.807, 2.05) is 0 Å². The molecule has 0 aliphatic carbocycles. The van der Waals surface area contributed by atoms with Crippen molar-refractivity contribution in [2.45, 2.75) is 284 Å². The average Bonchev–Trinajstić information content (AvgIpc) is 3.13. The molecule has 0 fully saturated rings. The molecule has 0 aliphatic rings. The van der Waals surface area contributed by atoms with Gasteiger partial charge in [0.1, 0.15) is 17.5 Å². The van der Waals surface area contributed by atoms with Crippen molar-refractivity contribution in [3.63, 3.8) is 0 Å². The summed E-state index contributed by atoms with van der Waals surface area (Å²) in [5.74, 6) is 3.19. The molecule has 3 heteroatoms. The van der Waals surface area contributed by atoms with E-state index in [-0.39, 0.29) is 0 Å². The van der Waals surface area contributed by atoms with Crippen molar-refractivity contribution in [2.75, 3.05) is 0 Å².